The molecule has 5 nitrogen and oxygen atoms in total. The Morgan fingerprint density at radius 1 is 1.25 bits per heavy atom. The molecule has 20 heavy (non-hydrogen) atoms. The Labute approximate surface area is 115 Å². The smallest absolute Gasteiger partial charge is 0.411 e. The van der Waals surface area contributed by atoms with E-state index in [0.717, 1.165) is 0 Å². The first-order valence-corrected chi connectivity index (χ1v) is 6.29. The standard InChI is InChI=1S/C12H20F3NO4/c1-9(2)16(6-3-4-11(18)19)10(17)5-7-20-8-12(13,14)15/h9H,3-8H2,1-2H3,(H,18,19). The van der Waals surface area contributed by atoms with E-state index in [0.29, 0.717) is 6.42 Å². The van der Waals surface area contributed by atoms with Gasteiger partial charge in [0.1, 0.15) is 6.61 Å². The third-order valence-corrected chi connectivity index (χ3v) is 2.46. The van der Waals surface area contributed by atoms with Gasteiger partial charge >= 0.3 is 12.1 Å². The van der Waals surface area contributed by atoms with Crippen LogP contribution in [0, 0.1) is 0 Å². The van der Waals surface area contributed by atoms with Crippen molar-refractivity contribution >= 4 is 11.9 Å². The van der Waals surface area contributed by atoms with Gasteiger partial charge in [0, 0.05) is 19.0 Å². The van der Waals surface area contributed by atoms with Crippen molar-refractivity contribution in [3.8, 4) is 0 Å². The molecule has 0 aliphatic rings. The van der Waals surface area contributed by atoms with Crippen molar-refractivity contribution < 1.29 is 32.6 Å². The number of nitrogens with zero attached hydrogens (tertiary/aromatic N) is 1. The fourth-order valence-electron chi connectivity index (χ4n) is 1.56. The normalized spacial score (nSPS) is 11.7. The number of alkyl halides is 3. The highest BCUT2D eigenvalue weighted by Crippen LogP contribution is 2.14. The van der Waals surface area contributed by atoms with Crippen LogP contribution in [0.2, 0.25) is 0 Å². The number of amides is 1. The molecule has 0 fully saturated rings. The molecule has 0 saturated carbocycles. The third-order valence-electron chi connectivity index (χ3n) is 2.46. The van der Waals surface area contributed by atoms with Crippen molar-refractivity contribution in [1.29, 1.82) is 0 Å². The molecule has 0 saturated heterocycles. The van der Waals surface area contributed by atoms with Crippen LogP contribution in [-0.2, 0) is 14.3 Å². The molecule has 1 N–H and O–H groups in total. The summed E-state index contributed by atoms with van der Waals surface area (Å²) >= 11 is 0. The van der Waals surface area contributed by atoms with Crippen molar-refractivity contribution in [1.82, 2.24) is 4.90 Å². The number of carboxylic acid groups (broad SMARTS) is 1. The zero-order valence-corrected chi connectivity index (χ0v) is 11.6. The lowest BCUT2D eigenvalue weighted by Crippen LogP contribution is -2.38. The Kier molecular flexibility index (Phi) is 8.21. The summed E-state index contributed by atoms with van der Waals surface area (Å²) in [6.45, 7) is 2.11. The van der Waals surface area contributed by atoms with Crippen molar-refractivity contribution in [3.05, 3.63) is 0 Å². The van der Waals surface area contributed by atoms with Gasteiger partial charge in [0.15, 0.2) is 0 Å². The van der Waals surface area contributed by atoms with Gasteiger partial charge in [-0.1, -0.05) is 0 Å². The molecule has 0 aliphatic carbocycles. The zero-order valence-electron chi connectivity index (χ0n) is 11.6. The first kappa shape index (κ1) is 18.7. The van der Waals surface area contributed by atoms with Gasteiger partial charge in [-0.3, -0.25) is 9.59 Å². The molecule has 0 bridgehead atoms. The van der Waals surface area contributed by atoms with Gasteiger partial charge in [-0.25, -0.2) is 0 Å². The van der Waals surface area contributed by atoms with Crippen LogP contribution in [0.15, 0.2) is 0 Å². The number of hydrogen-bond donors (Lipinski definition) is 1. The van der Waals surface area contributed by atoms with E-state index >= 15 is 0 Å². The molecule has 118 valence electrons. The molecule has 0 rings (SSSR count). The average molecular weight is 299 g/mol. The average Bonchev–Trinajstić information content (AvgIpc) is 2.28. The molecule has 8 heteroatoms. The van der Waals surface area contributed by atoms with Gasteiger partial charge in [-0.15, -0.1) is 0 Å². The number of carboxylic acids is 1. The Balaban J connectivity index is 4.07. The van der Waals surface area contributed by atoms with Gasteiger partial charge in [-0.2, -0.15) is 13.2 Å². The molecule has 0 aromatic carbocycles. The van der Waals surface area contributed by atoms with Crippen LogP contribution in [0.5, 0.6) is 0 Å². The summed E-state index contributed by atoms with van der Waals surface area (Å²) in [5.41, 5.74) is 0. The summed E-state index contributed by atoms with van der Waals surface area (Å²) in [4.78, 5) is 23.6. The van der Waals surface area contributed by atoms with E-state index in [4.69, 9.17) is 5.11 Å². The number of aliphatic carboxylic acids is 1. The fourth-order valence-corrected chi connectivity index (χ4v) is 1.56. The lowest BCUT2D eigenvalue weighted by atomic mass is 10.2. The number of carbonyl (C=O) groups is 2. The van der Waals surface area contributed by atoms with E-state index in [9.17, 15) is 22.8 Å². The van der Waals surface area contributed by atoms with Gasteiger partial charge in [0.25, 0.3) is 0 Å². The largest absolute Gasteiger partial charge is 0.481 e. The van der Waals surface area contributed by atoms with Crippen LogP contribution in [0.4, 0.5) is 13.2 Å². The summed E-state index contributed by atoms with van der Waals surface area (Å²) < 4.78 is 39.9. The SMILES string of the molecule is CC(C)N(CCCC(=O)O)C(=O)CCOCC(F)(F)F. The van der Waals surface area contributed by atoms with Gasteiger partial charge in [0.05, 0.1) is 13.0 Å². The second-order valence-electron chi connectivity index (χ2n) is 4.60. The van der Waals surface area contributed by atoms with Crippen molar-refractivity contribution in [3.63, 3.8) is 0 Å². The second kappa shape index (κ2) is 8.78. The third kappa shape index (κ3) is 9.60. The van der Waals surface area contributed by atoms with Crippen LogP contribution >= 0.6 is 0 Å². The number of halogens is 3. The second-order valence-corrected chi connectivity index (χ2v) is 4.60. The highest BCUT2D eigenvalue weighted by atomic mass is 19.4. The number of hydrogen-bond acceptors (Lipinski definition) is 3. The van der Waals surface area contributed by atoms with E-state index in [1.54, 1.807) is 13.8 Å². The molecule has 1 amide bonds. The molecule has 0 radical (unpaired) electrons. The number of ether oxygens (including phenoxy) is 1. The van der Waals surface area contributed by atoms with E-state index in [-0.39, 0.29) is 37.9 Å². The highest BCUT2D eigenvalue weighted by molar-refractivity contribution is 5.76. The first-order chi connectivity index (χ1) is 9.13. The van der Waals surface area contributed by atoms with Crippen LogP contribution in [0.25, 0.3) is 0 Å². The van der Waals surface area contributed by atoms with Crippen molar-refractivity contribution in [2.75, 3.05) is 19.8 Å². The monoisotopic (exact) mass is 299 g/mol. The van der Waals surface area contributed by atoms with Crippen LogP contribution in [0.1, 0.15) is 33.1 Å². The molecular formula is C12H20F3NO4. The topological polar surface area (TPSA) is 66.8 Å². The maximum Gasteiger partial charge on any atom is 0.411 e. The molecular weight excluding hydrogens is 279 g/mol. The first-order valence-electron chi connectivity index (χ1n) is 6.29. The predicted octanol–water partition coefficient (Wildman–Crippen LogP) is 2.06. The minimum absolute atomic E-state index is 0.0545. The lowest BCUT2D eigenvalue weighted by molar-refractivity contribution is -0.175. The lowest BCUT2D eigenvalue weighted by Gasteiger charge is -2.26. The van der Waals surface area contributed by atoms with Crippen LogP contribution < -0.4 is 0 Å². The Bertz CT molecular complexity index is 318. The molecule has 0 unspecified atom stereocenters. The molecule has 0 aromatic heterocycles. The van der Waals surface area contributed by atoms with Gasteiger partial charge in [0.2, 0.25) is 5.91 Å². The zero-order chi connectivity index (χ0) is 15.8. The minimum atomic E-state index is -4.40. The van der Waals surface area contributed by atoms with E-state index in [1.165, 1.54) is 4.90 Å². The number of rotatable bonds is 9. The molecule has 0 atom stereocenters. The minimum Gasteiger partial charge on any atom is -0.481 e. The summed E-state index contributed by atoms with van der Waals surface area (Å²) in [7, 11) is 0. The van der Waals surface area contributed by atoms with E-state index in [2.05, 4.69) is 4.74 Å². The maximum absolute atomic E-state index is 11.8. The summed E-state index contributed by atoms with van der Waals surface area (Å²) in [6, 6.07) is -0.140. The van der Waals surface area contributed by atoms with Crippen molar-refractivity contribution in [2.24, 2.45) is 0 Å². The Hall–Kier alpha value is -1.31. The molecule has 0 aromatic rings. The molecule has 0 aliphatic heterocycles. The fraction of sp³-hybridized carbons (Fsp3) is 0.833. The predicted molar refractivity (Wildman–Crippen MR) is 65.2 cm³/mol. The Morgan fingerprint density at radius 2 is 1.85 bits per heavy atom. The van der Waals surface area contributed by atoms with Gasteiger partial charge < -0.3 is 14.7 Å². The van der Waals surface area contributed by atoms with Crippen LogP contribution in [0.3, 0.4) is 0 Å². The highest BCUT2D eigenvalue weighted by Gasteiger charge is 2.27. The summed E-state index contributed by atoms with van der Waals surface area (Å²) in [5.74, 6) is -1.29. The van der Waals surface area contributed by atoms with E-state index < -0.39 is 18.8 Å². The number of carbonyl (C=O) groups excluding carboxylic acids is 1. The summed E-state index contributed by atoms with van der Waals surface area (Å²) in [5, 5.41) is 8.52. The van der Waals surface area contributed by atoms with Crippen molar-refractivity contribution in [2.45, 2.75) is 45.3 Å². The maximum atomic E-state index is 11.8. The Morgan fingerprint density at radius 3 is 2.30 bits per heavy atom. The summed E-state index contributed by atoms with van der Waals surface area (Å²) in [6.07, 6.45) is -4.30. The molecule has 0 spiro atoms. The molecule has 0 heterocycles. The quantitative estimate of drug-likeness (QED) is 0.662. The van der Waals surface area contributed by atoms with E-state index in [1.807, 2.05) is 0 Å². The van der Waals surface area contributed by atoms with Crippen LogP contribution in [-0.4, -0.2) is 53.9 Å². The van der Waals surface area contributed by atoms with Gasteiger partial charge in [-0.05, 0) is 20.3 Å².